The zero-order valence-electron chi connectivity index (χ0n) is 10.3. The number of allylic oxidation sites excluding steroid dienone is 2. The molecule has 0 saturated heterocycles. The number of nitrogen functional groups attached to an aromatic ring is 1. The molecule has 0 aromatic carbocycles. The molecule has 0 bridgehead atoms. The first-order valence-corrected chi connectivity index (χ1v) is 6.76. The lowest BCUT2D eigenvalue weighted by molar-refractivity contribution is 0.191. The van der Waals surface area contributed by atoms with Crippen molar-refractivity contribution >= 4 is 21.7 Å². The topological polar surface area (TPSA) is 73.1 Å². The number of nitrogens with two attached hydrogens (primary N) is 1. The molecule has 1 aromatic rings. The fraction of sp³-hybridized carbons (Fsp3) is 0.500. The molecular weight excluding hydrogens is 296 g/mol. The van der Waals surface area contributed by atoms with Crippen molar-refractivity contribution in [2.24, 2.45) is 17.7 Å². The van der Waals surface area contributed by atoms with Crippen LogP contribution in [0.2, 0.25) is 0 Å². The fourth-order valence-corrected chi connectivity index (χ4v) is 2.41. The molecule has 0 fully saturated rings. The van der Waals surface area contributed by atoms with E-state index in [0.717, 1.165) is 12.8 Å². The van der Waals surface area contributed by atoms with E-state index in [0.29, 0.717) is 34.6 Å². The summed E-state index contributed by atoms with van der Waals surface area (Å²) in [5.41, 5.74) is 2.49. The second-order valence-electron chi connectivity index (χ2n) is 4.48. The Balaban J connectivity index is 2.00. The van der Waals surface area contributed by atoms with Crippen LogP contribution < -0.4 is 16.0 Å². The Bertz CT molecular complexity index is 438. The maximum absolute atomic E-state index is 5.76. The van der Waals surface area contributed by atoms with E-state index in [2.05, 4.69) is 50.4 Å². The number of hydrazine groups is 1. The van der Waals surface area contributed by atoms with Crippen LogP contribution in [0.25, 0.3) is 0 Å². The maximum Gasteiger partial charge on any atom is 0.233 e. The Morgan fingerprint density at radius 2 is 2.22 bits per heavy atom. The lowest BCUT2D eigenvalue weighted by Crippen LogP contribution is -2.21. The van der Waals surface area contributed by atoms with Gasteiger partial charge in [0.15, 0.2) is 5.82 Å². The van der Waals surface area contributed by atoms with E-state index in [1.807, 2.05) is 0 Å². The van der Waals surface area contributed by atoms with Crippen molar-refractivity contribution in [3.63, 3.8) is 0 Å². The first-order chi connectivity index (χ1) is 8.72. The molecule has 2 rings (SSSR count). The summed E-state index contributed by atoms with van der Waals surface area (Å²) >= 11 is 3.38. The van der Waals surface area contributed by atoms with Gasteiger partial charge >= 0.3 is 0 Å². The summed E-state index contributed by atoms with van der Waals surface area (Å²) in [6.07, 6.45) is 8.06. The molecule has 3 N–H and O–H groups in total. The molecule has 1 aliphatic carbocycles. The number of aromatic nitrogens is 2. The predicted molar refractivity (Wildman–Crippen MR) is 74.1 cm³/mol. The summed E-state index contributed by atoms with van der Waals surface area (Å²) < 4.78 is 6.42. The highest BCUT2D eigenvalue weighted by atomic mass is 79.9. The Kier molecular flexibility index (Phi) is 4.54. The lowest BCUT2D eigenvalue weighted by atomic mass is 9.85. The largest absolute Gasteiger partial charge is 0.476 e. The zero-order valence-corrected chi connectivity index (χ0v) is 11.9. The van der Waals surface area contributed by atoms with E-state index in [-0.39, 0.29) is 0 Å². The number of ether oxygens (including phenoxy) is 1. The van der Waals surface area contributed by atoms with E-state index in [9.17, 15) is 0 Å². The van der Waals surface area contributed by atoms with Gasteiger partial charge < -0.3 is 10.2 Å². The molecule has 1 heterocycles. The highest BCUT2D eigenvalue weighted by molar-refractivity contribution is 9.10. The Morgan fingerprint density at radius 1 is 1.44 bits per heavy atom. The van der Waals surface area contributed by atoms with E-state index in [1.165, 1.54) is 6.33 Å². The quantitative estimate of drug-likeness (QED) is 0.507. The highest BCUT2D eigenvalue weighted by Gasteiger charge is 2.20. The number of anilines is 1. The van der Waals surface area contributed by atoms with Crippen molar-refractivity contribution in [2.45, 2.75) is 19.8 Å². The molecular formula is C12H17BrN4O. The van der Waals surface area contributed by atoms with Crippen LogP contribution in [0, 0.1) is 11.8 Å². The van der Waals surface area contributed by atoms with Gasteiger partial charge in [-0.1, -0.05) is 19.1 Å². The SMILES string of the molecule is CC1CC=CCC1COc1ncnc(NN)c1Br. The summed E-state index contributed by atoms with van der Waals surface area (Å²) in [4.78, 5) is 8.08. The molecule has 0 radical (unpaired) electrons. The molecule has 0 spiro atoms. The molecule has 2 unspecified atom stereocenters. The third-order valence-corrected chi connectivity index (χ3v) is 3.96. The number of halogens is 1. The molecule has 98 valence electrons. The van der Waals surface area contributed by atoms with Crippen LogP contribution in [0.15, 0.2) is 23.0 Å². The molecule has 0 aliphatic heterocycles. The van der Waals surface area contributed by atoms with E-state index in [1.54, 1.807) is 0 Å². The van der Waals surface area contributed by atoms with Gasteiger partial charge in [0, 0.05) is 0 Å². The van der Waals surface area contributed by atoms with Crippen LogP contribution in [0.5, 0.6) is 5.88 Å². The van der Waals surface area contributed by atoms with Crippen molar-refractivity contribution in [3.05, 3.63) is 23.0 Å². The third-order valence-electron chi connectivity index (χ3n) is 3.25. The molecule has 18 heavy (non-hydrogen) atoms. The minimum absolute atomic E-state index is 0.525. The van der Waals surface area contributed by atoms with Gasteiger partial charge in [0.1, 0.15) is 10.8 Å². The summed E-state index contributed by atoms with van der Waals surface area (Å²) in [6, 6.07) is 0. The molecule has 1 aliphatic rings. The maximum atomic E-state index is 5.76. The van der Waals surface area contributed by atoms with E-state index >= 15 is 0 Å². The zero-order chi connectivity index (χ0) is 13.0. The molecule has 0 saturated carbocycles. The van der Waals surface area contributed by atoms with Gasteiger partial charge in [0.25, 0.3) is 0 Å². The highest BCUT2D eigenvalue weighted by Crippen LogP contribution is 2.30. The fourth-order valence-electron chi connectivity index (χ4n) is 1.98. The van der Waals surface area contributed by atoms with Crippen molar-refractivity contribution in [3.8, 4) is 5.88 Å². The summed E-state index contributed by atoms with van der Waals surface area (Å²) in [5.74, 6) is 7.57. The van der Waals surface area contributed by atoms with Crippen molar-refractivity contribution in [2.75, 3.05) is 12.0 Å². The molecule has 5 nitrogen and oxygen atoms in total. The number of hydrogen-bond donors (Lipinski definition) is 2. The van der Waals surface area contributed by atoms with Crippen LogP contribution in [0.1, 0.15) is 19.8 Å². The Hall–Kier alpha value is -1.14. The molecule has 2 atom stereocenters. The number of rotatable bonds is 4. The standard InChI is InChI=1S/C12H17BrN4O/c1-8-4-2-3-5-9(8)6-18-12-10(13)11(17-14)15-7-16-12/h2-3,7-9H,4-6,14H2,1H3,(H,15,16,17). The second kappa shape index (κ2) is 6.15. The van der Waals surface area contributed by atoms with E-state index in [4.69, 9.17) is 10.6 Å². The van der Waals surface area contributed by atoms with Crippen LogP contribution in [-0.2, 0) is 0 Å². The van der Waals surface area contributed by atoms with Crippen molar-refractivity contribution in [1.82, 2.24) is 9.97 Å². The van der Waals surface area contributed by atoms with Gasteiger partial charge in [0.2, 0.25) is 5.88 Å². The van der Waals surface area contributed by atoms with Crippen molar-refractivity contribution in [1.29, 1.82) is 0 Å². The first kappa shape index (κ1) is 13.3. The first-order valence-electron chi connectivity index (χ1n) is 5.97. The Morgan fingerprint density at radius 3 is 2.94 bits per heavy atom. The van der Waals surface area contributed by atoms with E-state index < -0.39 is 0 Å². The van der Waals surface area contributed by atoms with Crippen LogP contribution in [0.3, 0.4) is 0 Å². The smallest absolute Gasteiger partial charge is 0.233 e. The van der Waals surface area contributed by atoms with Crippen molar-refractivity contribution < 1.29 is 4.74 Å². The van der Waals surface area contributed by atoms with Gasteiger partial charge in [-0.25, -0.2) is 15.8 Å². The third kappa shape index (κ3) is 3.00. The lowest BCUT2D eigenvalue weighted by Gasteiger charge is -2.25. The van der Waals surface area contributed by atoms with Gasteiger partial charge in [-0.2, -0.15) is 0 Å². The summed E-state index contributed by atoms with van der Waals surface area (Å²) in [6.45, 7) is 2.91. The predicted octanol–water partition coefficient (Wildman–Crippen LogP) is 2.51. The van der Waals surface area contributed by atoms with Gasteiger partial charge in [-0.3, -0.25) is 0 Å². The average molecular weight is 313 g/mol. The summed E-state index contributed by atoms with van der Waals surface area (Å²) in [7, 11) is 0. The van der Waals surface area contributed by atoms with Crippen LogP contribution in [-0.4, -0.2) is 16.6 Å². The molecule has 0 amide bonds. The number of nitrogens with zero attached hydrogens (tertiary/aromatic N) is 2. The number of hydrogen-bond acceptors (Lipinski definition) is 5. The normalized spacial score (nSPS) is 22.8. The van der Waals surface area contributed by atoms with Gasteiger partial charge in [-0.15, -0.1) is 0 Å². The monoisotopic (exact) mass is 312 g/mol. The number of nitrogens with one attached hydrogen (secondary N) is 1. The molecule has 1 aromatic heterocycles. The molecule has 6 heteroatoms. The minimum atomic E-state index is 0.525. The van der Waals surface area contributed by atoms with Crippen LogP contribution >= 0.6 is 15.9 Å². The summed E-state index contributed by atoms with van der Waals surface area (Å²) in [5, 5.41) is 0. The average Bonchev–Trinajstić information content (AvgIpc) is 2.39. The minimum Gasteiger partial charge on any atom is -0.476 e. The van der Waals surface area contributed by atoms with Gasteiger partial charge in [-0.05, 0) is 40.6 Å². The van der Waals surface area contributed by atoms with Crippen LogP contribution in [0.4, 0.5) is 5.82 Å². The second-order valence-corrected chi connectivity index (χ2v) is 5.27. The Labute approximate surface area is 115 Å². The van der Waals surface area contributed by atoms with Gasteiger partial charge in [0.05, 0.1) is 6.61 Å².